The van der Waals surface area contributed by atoms with E-state index in [1.807, 2.05) is 0 Å². The molecule has 0 spiro atoms. The maximum Gasteiger partial charge on any atom is 0.416 e. The molecule has 10 heteroatoms. The van der Waals surface area contributed by atoms with Crippen molar-refractivity contribution < 1.29 is 31.1 Å². The van der Waals surface area contributed by atoms with Gasteiger partial charge in [0.2, 0.25) is 0 Å². The quantitative estimate of drug-likeness (QED) is 0.580. The molecule has 3 aromatic rings. The summed E-state index contributed by atoms with van der Waals surface area (Å²) in [4.78, 5) is 16.0. The van der Waals surface area contributed by atoms with Crippen molar-refractivity contribution in [2.45, 2.75) is 12.4 Å². The Kier molecular flexibility index (Phi) is 4.39. The van der Waals surface area contributed by atoms with Crippen LogP contribution in [0, 0.1) is 0 Å². The van der Waals surface area contributed by atoms with E-state index in [1.165, 1.54) is 6.07 Å². The Morgan fingerprint density at radius 1 is 0.885 bits per heavy atom. The normalized spacial score (nSPS) is 12.4. The van der Waals surface area contributed by atoms with Crippen molar-refractivity contribution in [3.05, 3.63) is 58.6 Å². The van der Waals surface area contributed by atoms with Crippen molar-refractivity contribution in [1.82, 2.24) is 4.98 Å². The molecule has 3 rings (SSSR count). The second-order valence-corrected chi connectivity index (χ2v) is 6.26. The third kappa shape index (κ3) is 3.79. The Hall–Kier alpha value is -2.62. The molecular weight excluding hydrogens is 382 g/mol. The highest BCUT2D eigenvalue weighted by molar-refractivity contribution is 7.20. The smallest absolute Gasteiger partial charge is 0.320 e. The molecule has 0 unspecified atom stereocenters. The van der Waals surface area contributed by atoms with Crippen LogP contribution in [-0.2, 0) is 12.4 Å². The van der Waals surface area contributed by atoms with Crippen molar-refractivity contribution >= 4 is 33.1 Å². The zero-order valence-corrected chi connectivity index (χ0v) is 13.4. The van der Waals surface area contributed by atoms with E-state index >= 15 is 0 Å². The molecule has 0 radical (unpaired) electrons. The average Bonchev–Trinajstić information content (AvgIpc) is 2.97. The van der Waals surface area contributed by atoms with Gasteiger partial charge in [0.15, 0.2) is 5.01 Å². The number of rotatable bonds is 2. The summed E-state index contributed by atoms with van der Waals surface area (Å²) in [6, 6.07) is 6.71. The Morgan fingerprint density at radius 2 is 1.46 bits per heavy atom. The van der Waals surface area contributed by atoms with Crippen molar-refractivity contribution in [1.29, 1.82) is 0 Å². The molecule has 0 bridgehead atoms. The predicted octanol–water partition coefficient (Wildman–Crippen LogP) is 5.59. The van der Waals surface area contributed by atoms with Crippen LogP contribution in [-0.4, -0.2) is 10.9 Å². The number of halogens is 6. The number of hydrogen-bond acceptors (Lipinski definition) is 3. The number of nitrogens with zero attached hydrogens (tertiary/aromatic N) is 1. The van der Waals surface area contributed by atoms with Gasteiger partial charge in [-0.1, -0.05) is 0 Å². The first kappa shape index (κ1) is 18.2. The van der Waals surface area contributed by atoms with E-state index in [1.54, 1.807) is 0 Å². The second kappa shape index (κ2) is 6.27. The molecule has 0 fully saturated rings. The fourth-order valence-electron chi connectivity index (χ4n) is 2.13. The van der Waals surface area contributed by atoms with Gasteiger partial charge in [-0.15, -0.1) is 11.3 Å². The van der Waals surface area contributed by atoms with Gasteiger partial charge in [0, 0.05) is 5.69 Å². The van der Waals surface area contributed by atoms with Gasteiger partial charge in [-0.05, 0) is 42.5 Å². The molecular formula is C16H8F6N2OS. The maximum absolute atomic E-state index is 12.7. The van der Waals surface area contributed by atoms with Gasteiger partial charge in [0.25, 0.3) is 5.91 Å². The number of thiazole rings is 1. The van der Waals surface area contributed by atoms with Crippen LogP contribution >= 0.6 is 11.3 Å². The highest BCUT2D eigenvalue weighted by atomic mass is 32.1. The Labute approximate surface area is 146 Å². The molecule has 0 saturated carbocycles. The summed E-state index contributed by atoms with van der Waals surface area (Å²) in [6.07, 6.45) is -9.02. The molecule has 0 saturated heterocycles. The lowest BCUT2D eigenvalue weighted by molar-refractivity contribution is -0.138. The van der Waals surface area contributed by atoms with E-state index in [0.717, 1.165) is 47.7 Å². The van der Waals surface area contributed by atoms with Crippen LogP contribution in [0.1, 0.15) is 20.9 Å². The van der Waals surface area contributed by atoms with Gasteiger partial charge in [-0.3, -0.25) is 4.79 Å². The summed E-state index contributed by atoms with van der Waals surface area (Å²) in [5.41, 5.74) is -1.62. The molecule has 136 valence electrons. The molecule has 3 nitrogen and oxygen atoms in total. The van der Waals surface area contributed by atoms with Gasteiger partial charge in [0.05, 0.1) is 21.3 Å². The largest absolute Gasteiger partial charge is 0.416 e. The molecule has 0 aliphatic carbocycles. The standard InChI is InChI=1S/C16H8F6N2OS/c17-15(18,19)8-1-4-10(5-2-8)23-13(25)14-24-11-7-9(16(20,21)22)3-6-12(11)26-14/h1-7H,(H,23,25). The summed E-state index contributed by atoms with van der Waals surface area (Å²) < 4.78 is 76.0. The number of carbonyl (C=O) groups excluding carboxylic acids is 1. The van der Waals surface area contributed by atoms with Gasteiger partial charge in [0.1, 0.15) is 0 Å². The number of anilines is 1. The van der Waals surface area contributed by atoms with E-state index in [9.17, 15) is 31.1 Å². The molecule has 2 aromatic carbocycles. The van der Waals surface area contributed by atoms with Crippen LogP contribution in [0.5, 0.6) is 0 Å². The fraction of sp³-hybridized carbons (Fsp3) is 0.125. The third-order valence-corrected chi connectivity index (χ3v) is 4.41. The van der Waals surface area contributed by atoms with Crippen molar-refractivity contribution in [2.75, 3.05) is 5.32 Å². The van der Waals surface area contributed by atoms with Gasteiger partial charge in [-0.2, -0.15) is 26.3 Å². The van der Waals surface area contributed by atoms with E-state index in [-0.39, 0.29) is 16.2 Å². The fourth-order valence-corrected chi connectivity index (χ4v) is 2.97. The average molecular weight is 390 g/mol. The molecule has 1 aromatic heterocycles. The summed E-state index contributed by atoms with van der Waals surface area (Å²) in [5, 5.41) is 2.26. The van der Waals surface area contributed by atoms with Gasteiger partial charge < -0.3 is 5.32 Å². The molecule has 26 heavy (non-hydrogen) atoms. The first-order valence-electron chi connectivity index (χ1n) is 7.00. The Morgan fingerprint density at radius 3 is 2.04 bits per heavy atom. The molecule has 0 aliphatic heterocycles. The molecule has 1 heterocycles. The highest BCUT2D eigenvalue weighted by Crippen LogP contribution is 2.33. The van der Waals surface area contributed by atoms with E-state index in [0.29, 0.717) is 4.70 Å². The minimum atomic E-state index is -4.53. The number of hydrogen-bond donors (Lipinski definition) is 1. The summed E-state index contributed by atoms with van der Waals surface area (Å²) in [6.45, 7) is 0. The predicted molar refractivity (Wildman–Crippen MR) is 84.0 cm³/mol. The van der Waals surface area contributed by atoms with Crippen LogP contribution < -0.4 is 5.32 Å². The van der Waals surface area contributed by atoms with Crippen LogP contribution in [0.15, 0.2) is 42.5 Å². The van der Waals surface area contributed by atoms with Gasteiger partial charge >= 0.3 is 12.4 Å². The van der Waals surface area contributed by atoms with E-state index in [2.05, 4.69) is 10.3 Å². The van der Waals surface area contributed by atoms with Gasteiger partial charge in [-0.25, -0.2) is 4.98 Å². The van der Waals surface area contributed by atoms with Crippen molar-refractivity contribution in [3.8, 4) is 0 Å². The topological polar surface area (TPSA) is 42.0 Å². The summed E-state index contributed by atoms with van der Waals surface area (Å²) in [5.74, 6) is -0.723. The van der Waals surface area contributed by atoms with Crippen molar-refractivity contribution in [3.63, 3.8) is 0 Å². The third-order valence-electron chi connectivity index (χ3n) is 3.38. The van der Waals surface area contributed by atoms with Crippen LogP contribution in [0.4, 0.5) is 32.0 Å². The lowest BCUT2D eigenvalue weighted by Crippen LogP contribution is -2.12. The Balaban J connectivity index is 1.81. The number of alkyl halides is 6. The number of amides is 1. The zero-order chi connectivity index (χ0) is 19.1. The number of aromatic nitrogens is 1. The lowest BCUT2D eigenvalue weighted by Gasteiger charge is -2.07. The monoisotopic (exact) mass is 390 g/mol. The number of carbonyl (C=O) groups is 1. The number of nitrogens with one attached hydrogen (secondary N) is 1. The van der Waals surface area contributed by atoms with Crippen LogP contribution in [0.2, 0.25) is 0 Å². The highest BCUT2D eigenvalue weighted by Gasteiger charge is 2.31. The SMILES string of the molecule is O=C(Nc1ccc(C(F)(F)F)cc1)c1nc2cc(C(F)(F)F)ccc2s1. The zero-order valence-electron chi connectivity index (χ0n) is 12.6. The lowest BCUT2D eigenvalue weighted by atomic mass is 10.2. The maximum atomic E-state index is 12.7. The van der Waals surface area contributed by atoms with Crippen LogP contribution in [0.25, 0.3) is 10.2 Å². The van der Waals surface area contributed by atoms with E-state index < -0.39 is 29.4 Å². The summed E-state index contributed by atoms with van der Waals surface area (Å²) >= 11 is 0.881. The molecule has 0 atom stereocenters. The first-order valence-corrected chi connectivity index (χ1v) is 7.82. The molecule has 1 N–H and O–H groups in total. The minimum Gasteiger partial charge on any atom is -0.320 e. The minimum absolute atomic E-state index is 0.0161. The molecule has 1 amide bonds. The van der Waals surface area contributed by atoms with E-state index in [4.69, 9.17) is 0 Å². The molecule has 0 aliphatic rings. The van der Waals surface area contributed by atoms with Crippen LogP contribution in [0.3, 0.4) is 0 Å². The first-order chi connectivity index (χ1) is 12.0. The van der Waals surface area contributed by atoms with Crippen molar-refractivity contribution in [2.24, 2.45) is 0 Å². The summed E-state index contributed by atoms with van der Waals surface area (Å²) in [7, 11) is 0. The number of fused-ring (bicyclic) bond motifs is 1. The second-order valence-electron chi connectivity index (χ2n) is 5.23. The number of benzene rings is 2. The Bertz CT molecular complexity index is 960.